The second-order valence-corrected chi connectivity index (χ2v) is 7.26. The van der Waals surface area contributed by atoms with Crippen molar-refractivity contribution in [2.24, 2.45) is 0 Å². The Labute approximate surface area is 167 Å². The van der Waals surface area contributed by atoms with Crippen molar-refractivity contribution in [3.05, 3.63) is 62.3 Å². The quantitative estimate of drug-likeness (QED) is 0.657. The maximum atomic E-state index is 13.3. The van der Waals surface area contributed by atoms with Gasteiger partial charge in [-0.25, -0.2) is 4.79 Å². The van der Waals surface area contributed by atoms with Crippen LogP contribution in [-0.2, 0) is 25.9 Å². The van der Waals surface area contributed by atoms with E-state index in [1.54, 1.807) is 18.6 Å². The molecule has 8 heteroatoms. The fourth-order valence-corrected chi connectivity index (χ4v) is 3.83. The minimum atomic E-state index is -0.350. The normalized spacial score (nSPS) is 13.7. The Morgan fingerprint density at radius 1 is 1.14 bits per heavy atom. The Balaban J connectivity index is 1.78. The lowest BCUT2D eigenvalue weighted by Gasteiger charge is -2.16. The summed E-state index contributed by atoms with van der Waals surface area (Å²) in [6, 6.07) is 7.62. The molecule has 4 rings (SSSR count). The van der Waals surface area contributed by atoms with Gasteiger partial charge in [0.1, 0.15) is 11.3 Å². The van der Waals surface area contributed by atoms with Gasteiger partial charge in [0.05, 0.1) is 7.11 Å². The van der Waals surface area contributed by atoms with E-state index in [0.717, 1.165) is 36.3 Å². The SMILES string of the molecule is COc1ccc(CCn2c(=O)c(-c3noc(C)n3)c3n(c2=O)CCCCC3)cc1. The average Bonchev–Trinajstić information content (AvgIpc) is 3.00. The molecule has 3 aromatic rings. The monoisotopic (exact) mass is 396 g/mol. The summed E-state index contributed by atoms with van der Waals surface area (Å²) in [5.74, 6) is 1.42. The number of aryl methyl sites for hydroxylation is 2. The van der Waals surface area contributed by atoms with Gasteiger partial charge in [-0.05, 0) is 43.4 Å². The Kier molecular flexibility index (Phi) is 5.33. The third kappa shape index (κ3) is 3.74. The van der Waals surface area contributed by atoms with Gasteiger partial charge in [-0.15, -0.1) is 0 Å². The molecule has 0 aliphatic carbocycles. The summed E-state index contributed by atoms with van der Waals surface area (Å²) >= 11 is 0. The standard InChI is InChI=1S/C21H24N4O4/c1-14-22-19(23-29-14)18-17-6-4-3-5-12-24(17)21(27)25(20(18)26)13-11-15-7-9-16(28-2)10-8-15/h7-10H,3-6,11-13H2,1-2H3. The molecule has 0 spiro atoms. The number of hydrogen-bond donors (Lipinski definition) is 0. The van der Waals surface area contributed by atoms with Gasteiger partial charge >= 0.3 is 5.69 Å². The maximum Gasteiger partial charge on any atom is 0.331 e. The Morgan fingerprint density at radius 2 is 1.93 bits per heavy atom. The summed E-state index contributed by atoms with van der Waals surface area (Å²) in [7, 11) is 1.62. The Morgan fingerprint density at radius 3 is 2.62 bits per heavy atom. The van der Waals surface area contributed by atoms with Crippen LogP contribution in [0, 0.1) is 6.92 Å². The van der Waals surface area contributed by atoms with Gasteiger partial charge in [0.15, 0.2) is 0 Å². The predicted octanol–water partition coefficient (Wildman–Crippen LogP) is 2.35. The van der Waals surface area contributed by atoms with Crippen molar-refractivity contribution >= 4 is 0 Å². The third-order valence-electron chi connectivity index (χ3n) is 5.36. The van der Waals surface area contributed by atoms with Gasteiger partial charge in [0.25, 0.3) is 5.56 Å². The zero-order valence-corrected chi connectivity index (χ0v) is 16.7. The summed E-state index contributed by atoms with van der Waals surface area (Å²) < 4.78 is 13.3. The maximum absolute atomic E-state index is 13.3. The first-order chi connectivity index (χ1) is 14.1. The fraction of sp³-hybridized carbons (Fsp3) is 0.429. The molecule has 0 N–H and O–H groups in total. The predicted molar refractivity (Wildman–Crippen MR) is 107 cm³/mol. The molecule has 0 bridgehead atoms. The molecule has 0 unspecified atom stereocenters. The average molecular weight is 396 g/mol. The second-order valence-electron chi connectivity index (χ2n) is 7.26. The third-order valence-corrected chi connectivity index (χ3v) is 5.36. The van der Waals surface area contributed by atoms with E-state index in [1.807, 2.05) is 24.3 Å². The Hall–Kier alpha value is -3.16. The van der Waals surface area contributed by atoms with Gasteiger partial charge in [-0.3, -0.25) is 13.9 Å². The number of nitrogens with zero attached hydrogens (tertiary/aromatic N) is 4. The lowest BCUT2D eigenvalue weighted by molar-refractivity contribution is 0.394. The summed E-state index contributed by atoms with van der Waals surface area (Å²) in [6.45, 7) is 2.57. The molecule has 1 aliphatic rings. The van der Waals surface area contributed by atoms with Gasteiger partial charge in [-0.2, -0.15) is 4.98 Å². The number of aromatic nitrogens is 4. The van der Waals surface area contributed by atoms with E-state index in [-0.39, 0.29) is 23.6 Å². The highest BCUT2D eigenvalue weighted by Crippen LogP contribution is 2.21. The second kappa shape index (κ2) is 8.06. The van der Waals surface area contributed by atoms with Crippen LogP contribution in [0.3, 0.4) is 0 Å². The highest BCUT2D eigenvalue weighted by molar-refractivity contribution is 5.56. The van der Waals surface area contributed by atoms with E-state index in [9.17, 15) is 9.59 Å². The van der Waals surface area contributed by atoms with Crippen LogP contribution in [0.1, 0.15) is 36.4 Å². The van der Waals surface area contributed by atoms with Gasteiger partial charge < -0.3 is 9.26 Å². The molecule has 0 saturated heterocycles. The summed E-state index contributed by atoms with van der Waals surface area (Å²) in [5, 5.41) is 3.97. The first kappa shape index (κ1) is 19.2. The number of fused-ring (bicyclic) bond motifs is 1. The molecule has 1 aliphatic heterocycles. The molecule has 8 nitrogen and oxygen atoms in total. The van der Waals surface area contributed by atoms with Crippen LogP contribution in [-0.4, -0.2) is 26.4 Å². The molecule has 0 atom stereocenters. The zero-order chi connectivity index (χ0) is 20.4. The van der Waals surface area contributed by atoms with E-state index >= 15 is 0 Å². The van der Waals surface area contributed by atoms with Crippen LogP contribution in [0.5, 0.6) is 5.75 Å². The minimum Gasteiger partial charge on any atom is -0.497 e. The highest BCUT2D eigenvalue weighted by atomic mass is 16.5. The van der Waals surface area contributed by atoms with Crippen LogP contribution < -0.4 is 16.0 Å². The van der Waals surface area contributed by atoms with Gasteiger partial charge in [0, 0.05) is 25.7 Å². The van der Waals surface area contributed by atoms with Crippen molar-refractivity contribution in [2.75, 3.05) is 7.11 Å². The number of rotatable bonds is 5. The van der Waals surface area contributed by atoms with Crippen molar-refractivity contribution < 1.29 is 9.26 Å². The van der Waals surface area contributed by atoms with Gasteiger partial charge in [0.2, 0.25) is 11.7 Å². The van der Waals surface area contributed by atoms with Crippen molar-refractivity contribution in [3.8, 4) is 17.1 Å². The van der Waals surface area contributed by atoms with Crippen molar-refractivity contribution in [3.63, 3.8) is 0 Å². The molecule has 1 aromatic carbocycles. The fourth-order valence-electron chi connectivity index (χ4n) is 3.83. The summed E-state index contributed by atoms with van der Waals surface area (Å²) in [5.41, 5.74) is 1.52. The van der Waals surface area contributed by atoms with Crippen LogP contribution >= 0.6 is 0 Å². The van der Waals surface area contributed by atoms with Crippen LogP contribution in [0.15, 0.2) is 38.4 Å². The van der Waals surface area contributed by atoms with Crippen LogP contribution in [0.25, 0.3) is 11.4 Å². The van der Waals surface area contributed by atoms with Gasteiger partial charge in [-0.1, -0.05) is 23.7 Å². The lowest BCUT2D eigenvalue weighted by Crippen LogP contribution is -2.43. The van der Waals surface area contributed by atoms with E-state index < -0.39 is 0 Å². The number of ether oxygens (including phenoxy) is 1. The van der Waals surface area contributed by atoms with E-state index in [4.69, 9.17) is 9.26 Å². The first-order valence-electron chi connectivity index (χ1n) is 9.88. The van der Waals surface area contributed by atoms with Crippen LogP contribution in [0.2, 0.25) is 0 Å². The molecule has 3 heterocycles. The topological polar surface area (TPSA) is 92.2 Å². The molecule has 152 valence electrons. The lowest BCUT2D eigenvalue weighted by atomic mass is 10.1. The Bertz CT molecular complexity index is 1130. The largest absolute Gasteiger partial charge is 0.497 e. The molecule has 2 aromatic heterocycles. The van der Waals surface area contributed by atoms with Crippen molar-refractivity contribution in [2.45, 2.75) is 52.1 Å². The minimum absolute atomic E-state index is 0.260. The molecule has 0 amide bonds. The number of benzene rings is 1. The zero-order valence-electron chi connectivity index (χ0n) is 16.7. The van der Waals surface area contributed by atoms with Crippen molar-refractivity contribution in [1.82, 2.24) is 19.3 Å². The smallest absolute Gasteiger partial charge is 0.331 e. The number of methoxy groups -OCH3 is 1. The highest BCUT2D eigenvalue weighted by Gasteiger charge is 2.24. The van der Waals surface area contributed by atoms with E-state index in [0.29, 0.717) is 30.8 Å². The van der Waals surface area contributed by atoms with E-state index in [2.05, 4.69) is 10.1 Å². The molecule has 29 heavy (non-hydrogen) atoms. The van der Waals surface area contributed by atoms with E-state index in [1.165, 1.54) is 4.57 Å². The summed E-state index contributed by atoms with van der Waals surface area (Å²) in [6.07, 6.45) is 4.08. The number of hydrogen-bond acceptors (Lipinski definition) is 6. The first-order valence-corrected chi connectivity index (χ1v) is 9.88. The molecule has 0 saturated carbocycles. The van der Waals surface area contributed by atoms with Crippen molar-refractivity contribution in [1.29, 1.82) is 0 Å². The molecular formula is C21H24N4O4. The summed E-state index contributed by atoms with van der Waals surface area (Å²) in [4.78, 5) is 30.7. The molecular weight excluding hydrogens is 372 g/mol. The van der Waals surface area contributed by atoms with Crippen LogP contribution in [0.4, 0.5) is 0 Å². The molecule has 0 radical (unpaired) electrons. The molecule has 0 fully saturated rings.